The third-order valence-corrected chi connectivity index (χ3v) is 5.75. The van der Waals surface area contributed by atoms with Crippen LogP contribution in [-0.4, -0.2) is 24.8 Å². The minimum Gasteiger partial charge on any atom is -0.465 e. The number of fused-ring (bicyclic) bond motifs is 2. The molecule has 130 valence electrons. The van der Waals surface area contributed by atoms with Crippen LogP contribution in [-0.2, 0) is 14.3 Å². The van der Waals surface area contributed by atoms with Crippen molar-refractivity contribution in [2.75, 3.05) is 6.61 Å². The third-order valence-electron chi connectivity index (χ3n) is 5.01. The summed E-state index contributed by atoms with van der Waals surface area (Å²) in [6.45, 7) is 4.02. The van der Waals surface area contributed by atoms with Crippen LogP contribution in [0.3, 0.4) is 0 Å². The van der Waals surface area contributed by atoms with Crippen molar-refractivity contribution in [3.05, 3.63) is 46.5 Å². The lowest BCUT2D eigenvalue weighted by Crippen LogP contribution is -2.37. The van der Waals surface area contributed by atoms with Crippen LogP contribution in [0.5, 0.6) is 0 Å². The molecule has 3 rings (SSSR count). The molecule has 0 aromatic heterocycles. The number of ether oxygens (including phenoxy) is 2. The Morgan fingerprint density at radius 2 is 2.17 bits per heavy atom. The van der Waals surface area contributed by atoms with E-state index in [2.05, 4.69) is 6.58 Å². The van der Waals surface area contributed by atoms with Crippen LogP contribution in [0.1, 0.15) is 43.6 Å². The predicted octanol–water partition coefficient (Wildman–Crippen LogP) is 5.15. The first-order valence-corrected chi connectivity index (χ1v) is 9.21. The summed E-state index contributed by atoms with van der Waals surface area (Å²) in [5.74, 6) is 0.259. The van der Waals surface area contributed by atoms with Crippen LogP contribution in [0.15, 0.2) is 30.9 Å². The molecule has 5 heteroatoms. The average molecular weight is 369 g/mol. The van der Waals surface area contributed by atoms with Crippen LogP contribution < -0.4 is 0 Å². The fraction of sp³-hybridized carbons (Fsp3) is 0.526. The van der Waals surface area contributed by atoms with Gasteiger partial charge in [-0.2, -0.15) is 0 Å². The smallest absolute Gasteiger partial charge is 0.306 e. The van der Waals surface area contributed by atoms with Crippen LogP contribution in [0, 0.1) is 5.92 Å². The van der Waals surface area contributed by atoms with E-state index in [4.69, 9.17) is 32.7 Å². The molecule has 1 aromatic carbocycles. The van der Waals surface area contributed by atoms with Gasteiger partial charge in [-0.1, -0.05) is 35.3 Å². The second kappa shape index (κ2) is 7.90. The molecular weight excluding hydrogens is 347 g/mol. The molecule has 0 radical (unpaired) electrons. The highest BCUT2D eigenvalue weighted by molar-refractivity contribution is 6.42. The molecule has 2 unspecified atom stereocenters. The Kier molecular flexibility index (Phi) is 5.85. The lowest BCUT2D eigenvalue weighted by Gasteiger charge is -2.37. The van der Waals surface area contributed by atoms with Crippen molar-refractivity contribution in [1.82, 2.24) is 0 Å². The number of allylic oxidation sites excluding steroid dienone is 1. The Morgan fingerprint density at radius 3 is 2.92 bits per heavy atom. The summed E-state index contributed by atoms with van der Waals surface area (Å²) < 4.78 is 11.6. The lowest BCUT2D eigenvalue weighted by molar-refractivity contribution is -0.149. The second-order valence-electron chi connectivity index (χ2n) is 6.56. The third kappa shape index (κ3) is 3.96. The molecule has 2 aliphatic heterocycles. The SMILES string of the molecule is C=CCCC(=O)OC[C@@H]1C2CCC(C[C@H]1c1ccc(Cl)c(Cl)c1)O2. The summed E-state index contributed by atoms with van der Waals surface area (Å²) in [4.78, 5) is 11.8. The molecule has 0 N–H and O–H groups in total. The molecule has 2 saturated heterocycles. The molecule has 4 atom stereocenters. The number of hydrogen-bond donors (Lipinski definition) is 0. The maximum absolute atomic E-state index is 11.8. The maximum Gasteiger partial charge on any atom is 0.306 e. The number of rotatable bonds is 6. The summed E-state index contributed by atoms with van der Waals surface area (Å²) in [7, 11) is 0. The molecule has 0 spiro atoms. The maximum atomic E-state index is 11.8. The summed E-state index contributed by atoms with van der Waals surface area (Å²) in [5, 5.41) is 1.12. The van der Waals surface area contributed by atoms with Gasteiger partial charge in [0.2, 0.25) is 0 Å². The molecule has 2 heterocycles. The van der Waals surface area contributed by atoms with Gasteiger partial charge in [0.25, 0.3) is 0 Å². The minimum atomic E-state index is -0.178. The Labute approximate surface area is 152 Å². The highest BCUT2D eigenvalue weighted by Gasteiger charge is 2.44. The van der Waals surface area contributed by atoms with E-state index in [-0.39, 0.29) is 23.9 Å². The highest BCUT2D eigenvalue weighted by atomic mass is 35.5. The number of esters is 1. The number of carbonyl (C=O) groups excluding carboxylic acids is 1. The van der Waals surface area contributed by atoms with E-state index < -0.39 is 0 Å². The first kappa shape index (κ1) is 17.8. The number of benzene rings is 1. The molecule has 24 heavy (non-hydrogen) atoms. The van der Waals surface area contributed by atoms with Crippen molar-refractivity contribution in [3.8, 4) is 0 Å². The van der Waals surface area contributed by atoms with Gasteiger partial charge >= 0.3 is 5.97 Å². The van der Waals surface area contributed by atoms with Crippen LogP contribution in [0.4, 0.5) is 0 Å². The summed E-state index contributed by atoms with van der Waals surface area (Å²) in [6, 6.07) is 5.80. The van der Waals surface area contributed by atoms with Crippen LogP contribution >= 0.6 is 23.2 Å². The molecule has 2 fully saturated rings. The summed E-state index contributed by atoms with van der Waals surface area (Å²) in [5.41, 5.74) is 1.15. The van der Waals surface area contributed by atoms with Crippen LogP contribution in [0.2, 0.25) is 10.0 Å². The number of hydrogen-bond acceptors (Lipinski definition) is 3. The normalized spacial score (nSPS) is 28.6. The van der Waals surface area contributed by atoms with Gasteiger partial charge in [-0.05, 0) is 49.3 Å². The van der Waals surface area contributed by atoms with E-state index >= 15 is 0 Å². The first-order chi connectivity index (χ1) is 11.6. The van der Waals surface area contributed by atoms with Crippen molar-refractivity contribution in [2.45, 2.75) is 50.2 Å². The quantitative estimate of drug-likeness (QED) is 0.514. The van der Waals surface area contributed by atoms with E-state index in [1.165, 1.54) is 0 Å². The Morgan fingerprint density at radius 1 is 1.33 bits per heavy atom. The van der Waals surface area contributed by atoms with Crippen molar-refractivity contribution < 1.29 is 14.3 Å². The van der Waals surface area contributed by atoms with Gasteiger partial charge in [-0.15, -0.1) is 6.58 Å². The number of halogens is 2. The zero-order chi connectivity index (χ0) is 17.1. The largest absolute Gasteiger partial charge is 0.465 e. The molecule has 0 saturated carbocycles. The molecule has 0 aliphatic carbocycles. The average Bonchev–Trinajstić information content (AvgIpc) is 2.96. The van der Waals surface area contributed by atoms with Crippen molar-refractivity contribution in [1.29, 1.82) is 0 Å². The van der Waals surface area contributed by atoms with Gasteiger partial charge < -0.3 is 9.47 Å². The van der Waals surface area contributed by atoms with Crippen LogP contribution in [0.25, 0.3) is 0 Å². The molecule has 0 amide bonds. The second-order valence-corrected chi connectivity index (χ2v) is 7.38. The highest BCUT2D eigenvalue weighted by Crippen LogP contribution is 2.46. The fourth-order valence-electron chi connectivity index (χ4n) is 3.77. The van der Waals surface area contributed by atoms with Gasteiger partial charge in [0.05, 0.1) is 28.9 Å². The Bertz CT molecular complexity index is 617. The summed E-state index contributed by atoms with van der Waals surface area (Å²) in [6.07, 6.45) is 6.22. The van der Waals surface area contributed by atoms with Crippen molar-refractivity contribution >= 4 is 29.2 Å². The Hall–Kier alpha value is -1.03. The van der Waals surface area contributed by atoms with Gasteiger partial charge in [-0.25, -0.2) is 0 Å². The molecule has 1 aromatic rings. The van der Waals surface area contributed by atoms with Gasteiger partial charge in [0.15, 0.2) is 0 Å². The standard InChI is InChI=1S/C19H22Cl2O3/c1-2-3-4-19(22)23-11-15-14(10-13-6-8-18(15)24-13)12-5-7-16(20)17(21)9-12/h2,5,7,9,13-15,18H,1,3-4,6,8,10-11H2/t13?,14-,15-,18?/m0/s1. The van der Waals surface area contributed by atoms with E-state index in [0.717, 1.165) is 24.8 Å². The van der Waals surface area contributed by atoms with Crippen molar-refractivity contribution in [2.24, 2.45) is 5.92 Å². The first-order valence-electron chi connectivity index (χ1n) is 8.45. The molecule has 2 bridgehead atoms. The zero-order valence-corrected chi connectivity index (χ0v) is 15.1. The minimum absolute atomic E-state index is 0.149. The zero-order valence-electron chi connectivity index (χ0n) is 13.5. The lowest BCUT2D eigenvalue weighted by atomic mass is 9.79. The monoisotopic (exact) mass is 368 g/mol. The van der Waals surface area contributed by atoms with E-state index in [1.54, 1.807) is 6.08 Å². The number of carbonyl (C=O) groups is 1. The summed E-state index contributed by atoms with van der Waals surface area (Å²) >= 11 is 12.2. The topological polar surface area (TPSA) is 35.5 Å². The molecule has 2 aliphatic rings. The van der Waals surface area contributed by atoms with Gasteiger partial charge in [0, 0.05) is 12.3 Å². The molecule has 3 nitrogen and oxygen atoms in total. The molecular formula is C19H22Cl2O3. The predicted molar refractivity (Wildman–Crippen MR) is 95.6 cm³/mol. The van der Waals surface area contributed by atoms with E-state index in [0.29, 0.717) is 35.6 Å². The van der Waals surface area contributed by atoms with E-state index in [9.17, 15) is 4.79 Å². The van der Waals surface area contributed by atoms with Gasteiger partial charge in [0.1, 0.15) is 0 Å². The fourth-order valence-corrected chi connectivity index (χ4v) is 4.08. The van der Waals surface area contributed by atoms with E-state index in [1.807, 2.05) is 18.2 Å². The van der Waals surface area contributed by atoms with Gasteiger partial charge in [-0.3, -0.25) is 4.79 Å². The Balaban J connectivity index is 1.73. The van der Waals surface area contributed by atoms with Crippen molar-refractivity contribution in [3.63, 3.8) is 0 Å².